The molecule has 0 bridgehead atoms. The monoisotopic (exact) mass is 399 g/mol. The fourth-order valence-electron chi connectivity index (χ4n) is 4.60. The van der Waals surface area contributed by atoms with Gasteiger partial charge in [0.1, 0.15) is 6.04 Å². The minimum atomic E-state index is -0.643. The molecule has 156 valence electrons. The van der Waals surface area contributed by atoms with Crippen LogP contribution in [0.3, 0.4) is 0 Å². The first-order chi connectivity index (χ1) is 13.9. The highest BCUT2D eigenvalue weighted by Gasteiger charge is 2.31. The number of benzene rings is 1. The molecule has 1 unspecified atom stereocenters. The molecule has 0 spiro atoms. The van der Waals surface area contributed by atoms with E-state index in [0.29, 0.717) is 12.5 Å². The quantitative estimate of drug-likeness (QED) is 0.783. The van der Waals surface area contributed by atoms with E-state index in [1.807, 2.05) is 18.2 Å². The molecular weight excluding hydrogens is 370 g/mol. The maximum atomic E-state index is 12.9. The standard InChI is InChI=1S/C21H29N5O3/c1-4-23(2)14-9-11-25(12-10-14)15-5-6-16-18(13-15)24(3)21(29)26(16)17-7-8-19(27)22-20(17)28/h5-6,13-14,17H,4,7-12H2,1-3H3,(H,22,27,28). The lowest BCUT2D eigenvalue weighted by Gasteiger charge is -2.37. The molecule has 2 aliphatic heterocycles. The maximum Gasteiger partial charge on any atom is 0.329 e. The average Bonchev–Trinajstić information content (AvgIpc) is 2.98. The first kappa shape index (κ1) is 19.7. The van der Waals surface area contributed by atoms with Crippen LogP contribution < -0.4 is 15.9 Å². The van der Waals surface area contributed by atoms with E-state index >= 15 is 0 Å². The van der Waals surface area contributed by atoms with Crippen LogP contribution in [0.25, 0.3) is 11.0 Å². The summed E-state index contributed by atoms with van der Waals surface area (Å²) in [6, 6.07) is 5.99. The van der Waals surface area contributed by atoms with E-state index < -0.39 is 11.9 Å². The number of imide groups is 1. The summed E-state index contributed by atoms with van der Waals surface area (Å²) in [5, 5.41) is 2.35. The van der Waals surface area contributed by atoms with E-state index in [9.17, 15) is 14.4 Å². The number of hydrogen-bond donors (Lipinski definition) is 1. The summed E-state index contributed by atoms with van der Waals surface area (Å²) in [5.41, 5.74) is 2.42. The van der Waals surface area contributed by atoms with E-state index in [4.69, 9.17) is 0 Å². The topological polar surface area (TPSA) is 79.6 Å². The highest BCUT2D eigenvalue weighted by Crippen LogP contribution is 2.28. The molecule has 4 rings (SSSR count). The Morgan fingerprint density at radius 2 is 1.83 bits per heavy atom. The van der Waals surface area contributed by atoms with Gasteiger partial charge in [0.05, 0.1) is 11.0 Å². The van der Waals surface area contributed by atoms with Gasteiger partial charge in [0.25, 0.3) is 0 Å². The summed E-state index contributed by atoms with van der Waals surface area (Å²) in [5.74, 6) is -0.680. The molecule has 2 aromatic rings. The van der Waals surface area contributed by atoms with Gasteiger partial charge in [-0.25, -0.2) is 4.79 Å². The molecule has 29 heavy (non-hydrogen) atoms. The van der Waals surface area contributed by atoms with Gasteiger partial charge in [-0.15, -0.1) is 0 Å². The second-order valence-electron chi connectivity index (χ2n) is 8.14. The molecule has 1 aromatic heterocycles. The Balaban J connectivity index is 1.63. The Morgan fingerprint density at radius 1 is 1.10 bits per heavy atom. The van der Waals surface area contributed by atoms with Crippen molar-refractivity contribution in [2.75, 3.05) is 31.6 Å². The Labute approximate surface area is 170 Å². The number of anilines is 1. The molecule has 2 fully saturated rings. The summed E-state index contributed by atoms with van der Waals surface area (Å²) in [6.45, 7) is 5.23. The molecule has 2 amide bonds. The summed E-state index contributed by atoms with van der Waals surface area (Å²) in [6.07, 6.45) is 2.85. The molecule has 0 saturated carbocycles. The number of carbonyl (C=O) groups excluding carboxylic acids is 2. The molecule has 8 nitrogen and oxygen atoms in total. The minimum Gasteiger partial charge on any atom is -0.371 e. The van der Waals surface area contributed by atoms with Crippen molar-refractivity contribution in [3.05, 3.63) is 28.7 Å². The molecule has 2 saturated heterocycles. The van der Waals surface area contributed by atoms with Crippen LogP contribution in [0, 0.1) is 0 Å². The molecule has 1 atom stereocenters. The van der Waals surface area contributed by atoms with Gasteiger partial charge in [0, 0.05) is 38.3 Å². The number of imidazole rings is 1. The van der Waals surface area contributed by atoms with Crippen molar-refractivity contribution >= 4 is 28.5 Å². The summed E-state index contributed by atoms with van der Waals surface area (Å²) in [4.78, 5) is 41.5. The van der Waals surface area contributed by atoms with E-state index in [-0.39, 0.29) is 18.0 Å². The zero-order chi connectivity index (χ0) is 20.7. The van der Waals surface area contributed by atoms with E-state index in [1.54, 1.807) is 11.6 Å². The third kappa shape index (κ3) is 3.46. The number of aryl methyl sites for hydroxylation is 1. The van der Waals surface area contributed by atoms with Gasteiger partial charge in [-0.2, -0.15) is 0 Å². The van der Waals surface area contributed by atoms with Crippen LogP contribution in [0.15, 0.2) is 23.0 Å². The third-order valence-electron chi connectivity index (χ3n) is 6.55. The second-order valence-corrected chi connectivity index (χ2v) is 8.14. The molecule has 0 radical (unpaired) electrons. The lowest BCUT2D eigenvalue weighted by atomic mass is 10.0. The minimum absolute atomic E-state index is 0.227. The Morgan fingerprint density at radius 3 is 2.48 bits per heavy atom. The molecule has 3 heterocycles. The molecule has 0 aliphatic carbocycles. The van der Waals surface area contributed by atoms with Gasteiger partial charge in [-0.3, -0.25) is 24.0 Å². The second kappa shape index (κ2) is 7.67. The van der Waals surface area contributed by atoms with Gasteiger partial charge in [-0.05, 0) is 51.1 Å². The predicted octanol–water partition coefficient (Wildman–Crippen LogP) is 1.24. The lowest BCUT2D eigenvalue weighted by Crippen LogP contribution is -2.44. The van der Waals surface area contributed by atoms with Crippen LogP contribution in [-0.4, -0.2) is 58.6 Å². The van der Waals surface area contributed by atoms with Crippen LogP contribution in [0.4, 0.5) is 5.69 Å². The number of rotatable bonds is 4. The van der Waals surface area contributed by atoms with Crippen molar-refractivity contribution in [1.29, 1.82) is 0 Å². The van der Waals surface area contributed by atoms with Crippen LogP contribution >= 0.6 is 0 Å². The van der Waals surface area contributed by atoms with E-state index in [1.165, 1.54) is 4.57 Å². The van der Waals surface area contributed by atoms with Crippen molar-refractivity contribution in [2.24, 2.45) is 7.05 Å². The Bertz CT molecular complexity index is 1000. The Kier molecular flexibility index (Phi) is 5.21. The van der Waals surface area contributed by atoms with Crippen molar-refractivity contribution in [3.8, 4) is 0 Å². The molecule has 1 N–H and O–H groups in total. The smallest absolute Gasteiger partial charge is 0.329 e. The SMILES string of the molecule is CCN(C)C1CCN(c2ccc3c(c2)n(C)c(=O)n3C2CCC(=O)NC2=O)CC1. The van der Waals surface area contributed by atoms with Gasteiger partial charge >= 0.3 is 5.69 Å². The third-order valence-corrected chi connectivity index (χ3v) is 6.55. The first-order valence-electron chi connectivity index (χ1n) is 10.4. The fourth-order valence-corrected chi connectivity index (χ4v) is 4.60. The molecular formula is C21H29N5O3. The number of nitrogens with one attached hydrogen (secondary N) is 1. The van der Waals surface area contributed by atoms with Crippen LogP contribution in [-0.2, 0) is 16.6 Å². The van der Waals surface area contributed by atoms with Crippen molar-refractivity contribution in [2.45, 2.75) is 44.7 Å². The number of carbonyl (C=O) groups is 2. The summed E-state index contributed by atoms with van der Waals surface area (Å²) in [7, 11) is 3.92. The number of hydrogen-bond acceptors (Lipinski definition) is 5. The zero-order valence-corrected chi connectivity index (χ0v) is 17.4. The lowest BCUT2D eigenvalue weighted by molar-refractivity contribution is -0.135. The van der Waals surface area contributed by atoms with E-state index in [0.717, 1.165) is 49.2 Å². The summed E-state index contributed by atoms with van der Waals surface area (Å²) < 4.78 is 3.13. The largest absolute Gasteiger partial charge is 0.371 e. The van der Waals surface area contributed by atoms with Crippen molar-refractivity contribution in [3.63, 3.8) is 0 Å². The first-order valence-corrected chi connectivity index (χ1v) is 10.4. The number of aromatic nitrogens is 2. The number of nitrogens with zero attached hydrogens (tertiary/aromatic N) is 4. The van der Waals surface area contributed by atoms with Gasteiger partial charge < -0.3 is 9.80 Å². The predicted molar refractivity (Wildman–Crippen MR) is 112 cm³/mol. The fraction of sp³-hybridized carbons (Fsp3) is 0.571. The van der Waals surface area contributed by atoms with E-state index in [2.05, 4.69) is 29.1 Å². The highest BCUT2D eigenvalue weighted by atomic mass is 16.2. The normalized spacial score (nSPS) is 21.2. The number of amides is 2. The molecule has 8 heteroatoms. The van der Waals surface area contributed by atoms with Crippen LogP contribution in [0.2, 0.25) is 0 Å². The summed E-state index contributed by atoms with van der Waals surface area (Å²) >= 11 is 0. The maximum absolute atomic E-state index is 12.9. The molecule has 2 aliphatic rings. The van der Waals surface area contributed by atoms with Crippen molar-refractivity contribution < 1.29 is 9.59 Å². The van der Waals surface area contributed by atoms with Gasteiger partial charge in [-0.1, -0.05) is 6.92 Å². The number of piperidine rings is 2. The van der Waals surface area contributed by atoms with Gasteiger partial charge in [0.2, 0.25) is 11.8 Å². The Hall–Kier alpha value is -2.61. The number of fused-ring (bicyclic) bond motifs is 1. The molecule has 1 aromatic carbocycles. The van der Waals surface area contributed by atoms with Crippen molar-refractivity contribution in [1.82, 2.24) is 19.4 Å². The average molecular weight is 399 g/mol. The van der Waals surface area contributed by atoms with Gasteiger partial charge in [0.15, 0.2) is 0 Å². The zero-order valence-electron chi connectivity index (χ0n) is 17.4. The van der Waals surface area contributed by atoms with Crippen LogP contribution in [0.1, 0.15) is 38.6 Å². The highest BCUT2D eigenvalue weighted by molar-refractivity contribution is 6.00. The van der Waals surface area contributed by atoms with Crippen LogP contribution in [0.5, 0.6) is 0 Å².